The zero-order valence-corrected chi connectivity index (χ0v) is 19.7. The molecule has 2 aromatic rings. The van der Waals surface area contributed by atoms with Crippen molar-refractivity contribution >= 4 is 63.5 Å². The largest absolute Gasteiger partial charge is 0.490 e. The van der Waals surface area contributed by atoms with Gasteiger partial charge >= 0.3 is 0 Å². The maximum absolute atomic E-state index is 12.0. The summed E-state index contributed by atoms with van der Waals surface area (Å²) in [7, 11) is 0. The summed E-state index contributed by atoms with van der Waals surface area (Å²) in [5, 5.41) is 3.39. The average molecular weight is 482 g/mol. The Labute approximate surface area is 195 Å². The lowest BCUT2D eigenvalue weighted by molar-refractivity contribution is -0.115. The summed E-state index contributed by atoms with van der Waals surface area (Å²) >= 11 is 18.7. The highest BCUT2D eigenvalue weighted by molar-refractivity contribution is 8.26. The average Bonchev–Trinajstić information content (AvgIpc) is 3.03. The van der Waals surface area contributed by atoms with Crippen LogP contribution in [0.3, 0.4) is 0 Å². The third-order valence-corrected chi connectivity index (χ3v) is 6.29. The number of hydrogen-bond acceptors (Lipinski definition) is 5. The van der Waals surface area contributed by atoms with Crippen molar-refractivity contribution in [3.8, 4) is 11.5 Å². The minimum atomic E-state index is -0.254. The molecule has 1 heterocycles. The standard InChI is InChI=1S/C22H21Cl2NO3S2/c1-3-13(2)14-4-6-17(7-5-14)27-8-9-28-20-15(10-16(23)12-18(20)24)11-19-21(26)25-22(29)30-19/h4-7,10-13H,3,8-9H2,1-2H3,(H,25,26,29). The first-order chi connectivity index (χ1) is 14.4. The van der Waals surface area contributed by atoms with E-state index < -0.39 is 0 Å². The van der Waals surface area contributed by atoms with Gasteiger partial charge in [0.25, 0.3) is 5.91 Å². The number of thiocarbonyl (C=S) groups is 1. The van der Waals surface area contributed by atoms with Crippen molar-refractivity contribution in [1.29, 1.82) is 0 Å². The molecule has 1 atom stereocenters. The van der Waals surface area contributed by atoms with Crippen molar-refractivity contribution < 1.29 is 14.3 Å². The molecule has 158 valence electrons. The fourth-order valence-electron chi connectivity index (χ4n) is 2.83. The van der Waals surface area contributed by atoms with E-state index in [1.54, 1.807) is 18.2 Å². The lowest BCUT2D eigenvalue weighted by atomic mass is 9.99. The Hall–Kier alpha value is -1.73. The van der Waals surface area contributed by atoms with Gasteiger partial charge in [0.15, 0.2) is 0 Å². The molecule has 1 N–H and O–H groups in total. The summed E-state index contributed by atoms with van der Waals surface area (Å²) < 4.78 is 12.0. The first-order valence-electron chi connectivity index (χ1n) is 9.46. The van der Waals surface area contributed by atoms with Gasteiger partial charge in [0.05, 0.1) is 9.93 Å². The van der Waals surface area contributed by atoms with E-state index in [2.05, 4.69) is 31.3 Å². The molecule has 2 aromatic carbocycles. The van der Waals surface area contributed by atoms with Crippen molar-refractivity contribution in [1.82, 2.24) is 5.32 Å². The monoisotopic (exact) mass is 481 g/mol. The Balaban J connectivity index is 1.65. The van der Waals surface area contributed by atoms with Crippen LogP contribution >= 0.6 is 47.2 Å². The maximum Gasteiger partial charge on any atom is 0.263 e. The Morgan fingerprint density at radius 2 is 1.87 bits per heavy atom. The fraction of sp³-hybridized carbons (Fsp3) is 0.273. The maximum atomic E-state index is 12.0. The highest BCUT2D eigenvalue weighted by atomic mass is 35.5. The Kier molecular flexibility index (Phi) is 8.06. The van der Waals surface area contributed by atoms with E-state index in [9.17, 15) is 4.79 Å². The summed E-state index contributed by atoms with van der Waals surface area (Å²) in [6, 6.07) is 11.4. The third kappa shape index (κ3) is 5.91. The number of benzene rings is 2. The van der Waals surface area contributed by atoms with Gasteiger partial charge in [0.2, 0.25) is 0 Å². The molecule has 1 fully saturated rings. The number of carbonyl (C=O) groups excluding carboxylic acids is 1. The van der Waals surface area contributed by atoms with Gasteiger partial charge in [-0.25, -0.2) is 0 Å². The number of halogens is 2. The number of carbonyl (C=O) groups is 1. The van der Waals surface area contributed by atoms with Crippen molar-refractivity contribution in [2.75, 3.05) is 13.2 Å². The van der Waals surface area contributed by atoms with E-state index in [0.717, 1.165) is 12.2 Å². The van der Waals surface area contributed by atoms with Crippen LogP contribution in [0.15, 0.2) is 41.3 Å². The molecule has 4 nitrogen and oxygen atoms in total. The second-order valence-electron chi connectivity index (χ2n) is 6.73. The Morgan fingerprint density at radius 1 is 1.17 bits per heavy atom. The van der Waals surface area contributed by atoms with Crippen LogP contribution in [0, 0.1) is 0 Å². The molecular formula is C22H21Cl2NO3S2. The first-order valence-corrected chi connectivity index (χ1v) is 11.4. The lowest BCUT2D eigenvalue weighted by Gasteiger charge is -2.14. The van der Waals surface area contributed by atoms with Crippen LogP contribution < -0.4 is 14.8 Å². The summed E-state index contributed by atoms with van der Waals surface area (Å²) in [5.41, 5.74) is 1.90. The molecule has 1 amide bonds. The van der Waals surface area contributed by atoms with Gasteiger partial charge in [-0.2, -0.15) is 0 Å². The molecule has 1 aliphatic rings. The van der Waals surface area contributed by atoms with Gasteiger partial charge in [-0.3, -0.25) is 4.79 Å². The molecule has 3 rings (SSSR count). The van der Waals surface area contributed by atoms with Gasteiger partial charge < -0.3 is 14.8 Å². The number of hydrogen-bond donors (Lipinski definition) is 1. The number of ether oxygens (including phenoxy) is 2. The third-order valence-electron chi connectivity index (χ3n) is 4.63. The van der Waals surface area contributed by atoms with Crippen molar-refractivity contribution in [3.05, 3.63) is 62.5 Å². The molecular weight excluding hydrogens is 461 g/mol. The highest BCUT2D eigenvalue weighted by Gasteiger charge is 2.23. The SMILES string of the molecule is CCC(C)c1ccc(OCCOc2c(Cl)cc(Cl)cc2C=C2SC(=S)NC2=O)cc1. The van der Waals surface area contributed by atoms with Gasteiger partial charge in [0, 0.05) is 10.6 Å². The second-order valence-corrected chi connectivity index (χ2v) is 9.30. The van der Waals surface area contributed by atoms with Crippen LogP contribution in [-0.4, -0.2) is 23.4 Å². The molecule has 0 aliphatic carbocycles. The van der Waals surface area contributed by atoms with Gasteiger partial charge in [-0.1, -0.05) is 73.2 Å². The number of nitrogens with one attached hydrogen (secondary N) is 1. The smallest absolute Gasteiger partial charge is 0.263 e. The molecule has 1 saturated heterocycles. The van der Waals surface area contributed by atoms with Crippen LogP contribution in [-0.2, 0) is 4.79 Å². The van der Waals surface area contributed by atoms with Crippen molar-refractivity contribution in [2.24, 2.45) is 0 Å². The molecule has 0 spiro atoms. The Morgan fingerprint density at radius 3 is 2.50 bits per heavy atom. The Bertz CT molecular complexity index is 977. The van der Waals surface area contributed by atoms with E-state index >= 15 is 0 Å². The van der Waals surface area contributed by atoms with Crippen LogP contribution in [0.2, 0.25) is 10.0 Å². The van der Waals surface area contributed by atoms with Crippen LogP contribution in [0.1, 0.15) is 37.3 Å². The predicted octanol–water partition coefficient (Wildman–Crippen LogP) is 6.45. The number of amides is 1. The second kappa shape index (κ2) is 10.5. The predicted molar refractivity (Wildman–Crippen MR) is 129 cm³/mol. The van der Waals surface area contributed by atoms with E-state index in [1.807, 2.05) is 12.1 Å². The molecule has 1 aliphatic heterocycles. The molecule has 8 heteroatoms. The number of thioether (sulfide) groups is 1. The first kappa shape index (κ1) is 22.9. The quantitative estimate of drug-likeness (QED) is 0.266. The van der Waals surface area contributed by atoms with E-state index in [4.69, 9.17) is 44.9 Å². The topological polar surface area (TPSA) is 47.6 Å². The molecule has 0 bridgehead atoms. The molecule has 0 aromatic heterocycles. The normalized spacial score (nSPS) is 15.9. The van der Waals surface area contributed by atoms with E-state index in [1.165, 1.54) is 17.3 Å². The number of rotatable bonds is 8. The zero-order valence-electron chi connectivity index (χ0n) is 16.5. The fourth-order valence-corrected chi connectivity index (χ4v) is 4.43. The minimum absolute atomic E-state index is 0.254. The van der Waals surface area contributed by atoms with Crippen molar-refractivity contribution in [2.45, 2.75) is 26.2 Å². The highest BCUT2D eigenvalue weighted by Crippen LogP contribution is 2.36. The molecule has 1 unspecified atom stereocenters. The minimum Gasteiger partial charge on any atom is -0.490 e. The zero-order chi connectivity index (χ0) is 21.7. The van der Waals surface area contributed by atoms with Gasteiger partial charge in [0.1, 0.15) is 29.0 Å². The summed E-state index contributed by atoms with van der Waals surface area (Å²) in [4.78, 5) is 12.4. The van der Waals surface area contributed by atoms with Gasteiger partial charge in [-0.05, 0) is 48.2 Å². The van der Waals surface area contributed by atoms with E-state index in [-0.39, 0.29) is 12.5 Å². The van der Waals surface area contributed by atoms with E-state index in [0.29, 0.717) is 43.1 Å². The molecule has 30 heavy (non-hydrogen) atoms. The van der Waals surface area contributed by atoms with Crippen LogP contribution in [0.5, 0.6) is 11.5 Å². The van der Waals surface area contributed by atoms with Crippen LogP contribution in [0.25, 0.3) is 6.08 Å². The van der Waals surface area contributed by atoms with Gasteiger partial charge in [-0.15, -0.1) is 0 Å². The molecule has 0 saturated carbocycles. The molecule has 0 radical (unpaired) electrons. The van der Waals surface area contributed by atoms with Crippen molar-refractivity contribution in [3.63, 3.8) is 0 Å². The van der Waals surface area contributed by atoms with Crippen LogP contribution in [0.4, 0.5) is 0 Å². The summed E-state index contributed by atoms with van der Waals surface area (Å²) in [6.45, 7) is 5.00. The lowest BCUT2D eigenvalue weighted by Crippen LogP contribution is -2.17. The summed E-state index contributed by atoms with van der Waals surface area (Å²) in [6.07, 6.45) is 2.77. The summed E-state index contributed by atoms with van der Waals surface area (Å²) in [5.74, 6) is 1.49.